The van der Waals surface area contributed by atoms with Gasteiger partial charge in [0.25, 0.3) is 0 Å². The Labute approximate surface area is 184 Å². The molecule has 0 unspecified atom stereocenters. The Bertz CT molecular complexity index is 940. The van der Waals surface area contributed by atoms with Crippen molar-refractivity contribution >= 4 is 33.7 Å². The number of benzene rings is 2. The van der Waals surface area contributed by atoms with Gasteiger partial charge in [0, 0.05) is 16.7 Å². The highest BCUT2D eigenvalue weighted by atomic mass is 79.9. The van der Waals surface area contributed by atoms with Gasteiger partial charge >= 0.3 is 6.16 Å². The van der Waals surface area contributed by atoms with Crippen LogP contribution in [0.1, 0.15) is 23.1 Å². The van der Waals surface area contributed by atoms with Crippen molar-refractivity contribution in [2.24, 2.45) is 5.73 Å². The Morgan fingerprint density at radius 2 is 1.97 bits per heavy atom. The highest BCUT2D eigenvalue weighted by molar-refractivity contribution is 9.10. The summed E-state index contributed by atoms with van der Waals surface area (Å²) in [7, 11) is 2.88. The number of nitrogens with two attached hydrogens (primary N) is 1. The Hall–Kier alpha value is -2.58. The minimum absolute atomic E-state index is 0.123. The van der Waals surface area contributed by atoms with Gasteiger partial charge in [0.1, 0.15) is 11.5 Å². The number of anilines is 1. The van der Waals surface area contributed by atoms with Crippen LogP contribution in [0.3, 0.4) is 0 Å². The van der Waals surface area contributed by atoms with E-state index in [1.165, 1.54) is 7.11 Å². The van der Waals surface area contributed by atoms with Crippen LogP contribution in [-0.2, 0) is 22.4 Å². The molecule has 1 heterocycles. The van der Waals surface area contributed by atoms with Crippen LogP contribution in [0.25, 0.3) is 0 Å². The molecule has 160 valence electrons. The molecule has 0 bridgehead atoms. The van der Waals surface area contributed by atoms with E-state index < -0.39 is 12.2 Å². The zero-order valence-corrected chi connectivity index (χ0v) is 18.8. The molecule has 0 fully saturated rings. The third-order valence-electron chi connectivity index (χ3n) is 5.17. The van der Waals surface area contributed by atoms with Gasteiger partial charge in [-0.25, -0.2) is 4.79 Å². The number of ether oxygens (including phenoxy) is 3. The predicted molar refractivity (Wildman–Crippen MR) is 117 cm³/mol. The second-order valence-corrected chi connectivity index (χ2v) is 8.01. The van der Waals surface area contributed by atoms with Crippen LogP contribution < -0.4 is 20.1 Å². The quantitative estimate of drug-likeness (QED) is 0.521. The van der Waals surface area contributed by atoms with E-state index in [1.54, 1.807) is 24.1 Å². The molecule has 2 N–H and O–H groups in total. The van der Waals surface area contributed by atoms with Crippen molar-refractivity contribution < 1.29 is 23.8 Å². The van der Waals surface area contributed by atoms with E-state index >= 15 is 0 Å². The Balaban J connectivity index is 1.78. The number of halogens is 1. The zero-order chi connectivity index (χ0) is 21.8. The van der Waals surface area contributed by atoms with Crippen molar-refractivity contribution in [1.29, 1.82) is 0 Å². The van der Waals surface area contributed by atoms with Gasteiger partial charge in [0.05, 0.1) is 20.3 Å². The second kappa shape index (κ2) is 9.49. The lowest BCUT2D eigenvalue weighted by molar-refractivity contribution is -0.119. The first-order valence-corrected chi connectivity index (χ1v) is 10.4. The van der Waals surface area contributed by atoms with Crippen LogP contribution in [0.4, 0.5) is 10.5 Å². The van der Waals surface area contributed by atoms with E-state index in [1.807, 2.05) is 25.1 Å². The molecule has 3 rings (SSSR count). The minimum Gasteiger partial charge on any atom is -0.497 e. The van der Waals surface area contributed by atoms with Gasteiger partial charge in [-0.1, -0.05) is 15.9 Å². The minimum atomic E-state index is -0.790. The highest BCUT2D eigenvalue weighted by Gasteiger charge is 2.28. The number of aryl methyl sites for hydroxylation is 2. The topological polar surface area (TPSA) is 91.1 Å². The maximum atomic E-state index is 13.2. The first-order chi connectivity index (χ1) is 14.3. The number of carbonyl (C=O) groups excluding carboxylic acids is 2. The standard InChI is InChI=1S/C22H25BrN2O5/c1-13-9-16(30-22(27)29-3)11-18(23)17(13)12-19(24)21(26)25-8-4-5-14-10-15(28-2)6-7-20(14)25/h6-7,9-11,19H,4-5,8,12,24H2,1-3H3/t19-/m1/s1. The molecule has 0 saturated carbocycles. The summed E-state index contributed by atoms with van der Waals surface area (Å²) in [5.74, 6) is 1.01. The van der Waals surface area contributed by atoms with E-state index in [2.05, 4.69) is 20.7 Å². The predicted octanol–water partition coefficient (Wildman–Crippen LogP) is 3.76. The van der Waals surface area contributed by atoms with Crippen molar-refractivity contribution in [3.8, 4) is 11.5 Å². The van der Waals surface area contributed by atoms with Crippen molar-refractivity contribution in [2.45, 2.75) is 32.2 Å². The molecule has 30 heavy (non-hydrogen) atoms. The van der Waals surface area contributed by atoms with Crippen molar-refractivity contribution in [3.63, 3.8) is 0 Å². The molecule has 0 aliphatic carbocycles. The molecule has 1 aliphatic rings. The number of fused-ring (bicyclic) bond motifs is 1. The zero-order valence-electron chi connectivity index (χ0n) is 17.2. The summed E-state index contributed by atoms with van der Waals surface area (Å²) in [6.45, 7) is 2.52. The number of methoxy groups -OCH3 is 2. The van der Waals surface area contributed by atoms with Crippen molar-refractivity contribution in [2.75, 3.05) is 25.7 Å². The molecule has 0 aromatic heterocycles. The van der Waals surface area contributed by atoms with E-state index in [9.17, 15) is 9.59 Å². The monoisotopic (exact) mass is 476 g/mol. The molecular formula is C22H25BrN2O5. The average molecular weight is 477 g/mol. The summed E-state index contributed by atoms with van der Waals surface area (Å²) < 4.78 is 15.6. The van der Waals surface area contributed by atoms with Crippen LogP contribution in [0.2, 0.25) is 0 Å². The first kappa shape index (κ1) is 22.1. The fourth-order valence-corrected chi connectivity index (χ4v) is 4.33. The van der Waals surface area contributed by atoms with Gasteiger partial charge in [0.2, 0.25) is 5.91 Å². The van der Waals surface area contributed by atoms with Gasteiger partial charge in [-0.2, -0.15) is 0 Å². The van der Waals surface area contributed by atoms with Gasteiger partial charge in [0.15, 0.2) is 0 Å². The molecular weight excluding hydrogens is 452 g/mol. The lowest BCUT2D eigenvalue weighted by Crippen LogP contribution is -2.47. The van der Waals surface area contributed by atoms with Gasteiger partial charge in [-0.3, -0.25) is 4.79 Å². The van der Waals surface area contributed by atoms with Crippen LogP contribution in [0.5, 0.6) is 11.5 Å². The largest absolute Gasteiger partial charge is 0.513 e. The number of hydrogen-bond donors (Lipinski definition) is 1. The van der Waals surface area contributed by atoms with Crippen LogP contribution in [0.15, 0.2) is 34.8 Å². The van der Waals surface area contributed by atoms with Gasteiger partial charge in [-0.05, 0) is 73.2 Å². The lowest BCUT2D eigenvalue weighted by atomic mass is 9.97. The van der Waals surface area contributed by atoms with Crippen molar-refractivity contribution in [1.82, 2.24) is 0 Å². The maximum absolute atomic E-state index is 13.2. The molecule has 7 nitrogen and oxygen atoms in total. The Morgan fingerprint density at radius 3 is 2.63 bits per heavy atom. The number of rotatable bonds is 5. The molecule has 0 saturated heterocycles. The summed E-state index contributed by atoms with van der Waals surface area (Å²) in [5, 5.41) is 0. The number of carbonyl (C=O) groups is 2. The van der Waals surface area contributed by atoms with E-state index in [4.69, 9.17) is 15.2 Å². The van der Waals surface area contributed by atoms with Gasteiger partial charge < -0.3 is 24.8 Å². The number of nitrogens with zero attached hydrogens (tertiary/aromatic N) is 1. The fourth-order valence-electron chi connectivity index (χ4n) is 3.63. The molecule has 2 aromatic rings. The number of hydrogen-bond acceptors (Lipinski definition) is 6. The van der Waals surface area contributed by atoms with Crippen LogP contribution in [0, 0.1) is 6.92 Å². The highest BCUT2D eigenvalue weighted by Crippen LogP contribution is 2.32. The smallest absolute Gasteiger partial charge is 0.497 e. The number of amides is 1. The lowest BCUT2D eigenvalue weighted by Gasteiger charge is -2.32. The fraction of sp³-hybridized carbons (Fsp3) is 0.364. The summed E-state index contributed by atoms with van der Waals surface area (Å²) >= 11 is 3.50. The molecule has 0 radical (unpaired) electrons. The normalized spacial score (nSPS) is 14.0. The summed E-state index contributed by atoms with van der Waals surface area (Å²) in [6, 6.07) is 8.42. The molecule has 1 atom stereocenters. The third kappa shape index (κ3) is 4.76. The Morgan fingerprint density at radius 1 is 1.20 bits per heavy atom. The van der Waals surface area contributed by atoms with E-state index in [0.29, 0.717) is 23.2 Å². The summed E-state index contributed by atoms with van der Waals surface area (Å²) in [4.78, 5) is 26.3. The molecule has 8 heteroatoms. The van der Waals surface area contributed by atoms with Crippen LogP contribution >= 0.6 is 15.9 Å². The van der Waals surface area contributed by atoms with E-state index in [0.717, 1.165) is 41.0 Å². The first-order valence-electron chi connectivity index (χ1n) is 9.62. The second-order valence-electron chi connectivity index (χ2n) is 7.16. The van der Waals surface area contributed by atoms with Crippen molar-refractivity contribution in [3.05, 3.63) is 51.5 Å². The van der Waals surface area contributed by atoms with Crippen LogP contribution in [-0.4, -0.2) is 38.9 Å². The average Bonchev–Trinajstić information content (AvgIpc) is 2.74. The molecule has 0 spiro atoms. The third-order valence-corrected chi connectivity index (χ3v) is 5.88. The Kier molecular flexibility index (Phi) is 6.99. The summed E-state index contributed by atoms with van der Waals surface area (Å²) in [5.41, 5.74) is 10.0. The molecule has 1 amide bonds. The molecule has 2 aromatic carbocycles. The maximum Gasteiger partial charge on any atom is 0.513 e. The van der Waals surface area contributed by atoms with Gasteiger partial charge in [-0.15, -0.1) is 0 Å². The summed E-state index contributed by atoms with van der Waals surface area (Å²) in [6.07, 6.45) is 1.34. The van der Waals surface area contributed by atoms with E-state index in [-0.39, 0.29) is 5.91 Å². The molecule has 1 aliphatic heterocycles. The SMILES string of the molecule is COC(=O)Oc1cc(C)c(C[C@@H](N)C(=O)N2CCCc3cc(OC)ccc32)c(Br)c1.